The van der Waals surface area contributed by atoms with Crippen LogP contribution >= 0.6 is 0 Å². The van der Waals surface area contributed by atoms with Crippen LogP contribution in [0.25, 0.3) is 0 Å². The highest BCUT2D eigenvalue weighted by molar-refractivity contribution is 5.76. The number of pyridine rings is 1. The van der Waals surface area contributed by atoms with Gasteiger partial charge in [-0.1, -0.05) is 36.6 Å². The predicted molar refractivity (Wildman–Crippen MR) is 101 cm³/mol. The van der Waals surface area contributed by atoms with E-state index in [0.717, 1.165) is 6.42 Å². The lowest BCUT2D eigenvalue weighted by atomic mass is 9.81. The number of nitrogens with zero attached hydrogens (tertiary/aromatic N) is 1. The maximum absolute atomic E-state index is 12.0. The van der Waals surface area contributed by atoms with Gasteiger partial charge in [-0.3, -0.25) is 9.78 Å². The summed E-state index contributed by atoms with van der Waals surface area (Å²) < 4.78 is 10.1. The molecule has 0 aromatic carbocycles. The Bertz CT molecular complexity index is 391. The summed E-state index contributed by atoms with van der Waals surface area (Å²) in [5.74, 6) is 0.110. The van der Waals surface area contributed by atoms with Crippen LogP contribution in [-0.4, -0.2) is 31.3 Å². The van der Waals surface area contributed by atoms with Crippen molar-refractivity contribution in [3.8, 4) is 0 Å². The Morgan fingerprint density at radius 2 is 1.65 bits per heavy atom. The van der Waals surface area contributed by atoms with E-state index in [-0.39, 0.29) is 41.6 Å². The van der Waals surface area contributed by atoms with E-state index >= 15 is 0 Å². The zero-order valence-electron chi connectivity index (χ0n) is 12.2. The van der Waals surface area contributed by atoms with Crippen molar-refractivity contribution in [3.63, 3.8) is 0 Å². The monoisotopic (exact) mass is 329 g/mol. The van der Waals surface area contributed by atoms with E-state index in [2.05, 4.69) is 11.9 Å². The van der Waals surface area contributed by atoms with Crippen LogP contribution in [0.3, 0.4) is 0 Å². The van der Waals surface area contributed by atoms with Crippen LogP contribution in [0.2, 0.25) is 0 Å². The van der Waals surface area contributed by atoms with Gasteiger partial charge in [0.1, 0.15) is 6.61 Å². The van der Waals surface area contributed by atoms with Crippen LogP contribution in [0.4, 0.5) is 0 Å². The lowest BCUT2D eigenvalue weighted by molar-refractivity contribution is -0.155. The predicted octanol–water partition coefficient (Wildman–Crippen LogP) is 5.34. The van der Waals surface area contributed by atoms with Gasteiger partial charge >= 0.3 is 5.97 Å². The molecule has 1 aromatic heterocycles. The molecule has 1 unspecified atom stereocenters. The third-order valence-corrected chi connectivity index (χ3v) is 3.16. The Morgan fingerprint density at radius 3 is 2.13 bits per heavy atom. The van der Waals surface area contributed by atoms with E-state index < -0.39 is 5.41 Å². The maximum atomic E-state index is 12.0. The molecule has 0 aliphatic heterocycles. The van der Waals surface area contributed by atoms with Crippen molar-refractivity contribution in [2.24, 2.45) is 5.41 Å². The number of hydrogen-bond donors (Lipinski definition) is 0. The molecule has 138 valence electrons. The topological polar surface area (TPSA) is 48.4 Å². The van der Waals surface area contributed by atoms with Crippen LogP contribution in [0.1, 0.15) is 68.4 Å². The molecule has 0 bridgehead atoms. The van der Waals surface area contributed by atoms with Crippen molar-refractivity contribution in [2.45, 2.75) is 62.8 Å². The van der Waals surface area contributed by atoms with Crippen LogP contribution in [0.5, 0.6) is 0 Å². The molecule has 0 aliphatic carbocycles. The second-order valence-electron chi connectivity index (χ2n) is 5.40. The zero-order valence-corrected chi connectivity index (χ0v) is 12.2. The van der Waals surface area contributed by atoms with Gasteiger partial charge in [-0.15, -0.1) is 0 Å². The van der Waals surface area contributed by atoms with Gasteiger partial charge in [-0.25, -0.2) is 0 Å². The number of aromatic nitrogens is 1. The third kappa shape index (κ3) is 10.1. The number of methoxy groups -OCH3 is 1. The summed E-state index contributed by atoms with van der Waals surface area (Å²) in [4.78, 5) is 16.0. The molecule has 0 spiro atoms. The minimum Gasteiger partial charge on any atom is -0.463 e. The minimum atomic E-state index is -0.504. The van der Waals surface area contributed by atoms with Gasteiger partial charge in [0.05, 0.1) is 12.0 Å². The van der Waals surface area contributed by atoms with Crippen LogP contribution < -0.4 is 0 Å². The smallest absolute Gasteiger partial charge is 0.311 e. The van der Waals surface area contributed by atoms with Gasteiger partial charge in [-0.05, 0) is 43.9 Å². The number of esters is 1. The SMILES string of the molecule is C.C.C.C.COCCOC(=O)C(C)(C)CC(C)c1ccncc1. The largest absolute Gasteiger partial charge is 0.463 e. The van der Waals surface area contributed by atoms with Crippen molar-refractivity contribution in [1.29, 1.82) is 0 Å². The Kier molecular flexibility index (Phi) is 18.2. The van der Waals surface area contributed by atoms with Gasteiger partial charge in [0, 0.05) is 19.5 Å². The average molecular weight is 330 g/mol. The van der Waals surface area contributed by atoms with Gasteiger partial charge in [0.15, 0.2) is 0 Å². The molecule has 1 atom stereocenters. The van der Waals surface area contributed by atoms with Gasteiger partial charge < -0.3 is 9.47 Å². The lowest BCUT2D eigenvalue weighted by Crippen LogP contribution is -2.29. The number of rotatable bonds is 7. The summed E-state index contributed by atoms with van der Waals surface area (Å²) in [7, 11) is 1.59. The molecule has 0 radical (unpaired) electrons. The van der Waals surface area contributed by atoms with Crippen molar-refractivity contribution in [2.75, 3.05) is 20.3 Å². The first kappa shape index (κ1) is 29.6. The lowest BCUT2D eigenvalue weighted by Gasteiger charge is -2.26. The molecule has 0 aliphatic rings. The van der Waals surface area contributed by atoms with Crippen LogP contribution in [-0.2, 0) is 14.3 Å². The first-order valence-electron chi connectivity index (χ1n) is 6.53. The third-order valence-electron chi connectivity index (χ3n) is 3.16. The van der Waals surface area contributed by atoms with Crippen LogP contribution in [0, 0.1) is 5.41 Å². The minimum absolute atomic E-state index is 0. The molecule has 0 amide bonds. The van der Waals surface area contributed by atoms with Gasteiger partial charge in [-0.2, -0.15) is 0 Å². The summed E-state index contributed by atoms with van der Waals surface area (Å²) in [6.45, 7) is 6.68. The first-order chi connectivity index (χ1) is 8.97. The Morgan fingerprint density at radius 1 is 1.13 bits per heavy atom. The average Bonchev–Trinajstić information content (AvgIpc) is 2.39. The number of carbonyl (C=O) groups is 1. The Hall–Kier alpha value is -1.42. The Balaban J connectivity index is -0.000000451. The van der Waals surface area contributed by atoms with Crippen LogP contribution in [0.15, 0.2) is 24.5 Å². The molecule has 1 heterocycles. The van der Waals surface area contributed by atoms with Crippen molar-refractivity contribution in [1.82, 2.24) is 4.98 Å². The summed E-state index contributed by atoms with van der Waals surface area (Å²) >= 11 is 0. The Labute approximate surface area is 144 Å². The fraction of sp³-hybridized carbons (Fsp3) is 0.684. The normalized spacial score (nSPS) is 10.8. The molecule has 0 saturated heterocycles. The zero-order chi connectivity index (χ0) is 14.3. The van der Waals surface area contributed by atoms with Gasteiger partial charge in [0.25, 0.3) is 0 Å². The van der Waals surface area contributed by atoms with E-state index in [1.165, 1.54) is 5.56 Å². The molecule has 1 rings (SSSR count). The maximum Gasteiger partial charge on any atom is 0.311 e. The summed E-state index contributed by atoms with van der Waals surface area (Å²) in [5.41, 5.74) is 0.684. The molecule has 1 aromatic rings. The second-order valence-corrected chi connectivity index (χ2v) is 5.40. The summed E-state index contributed by atoms with van der Waals surface area (Å²) in [6.07, 6.45) is 4.29. The van der Waals surface area contributed by atoms with E-state index in [1.54, 1.807) is 19.5 Å². The molecule has 0 N–H and O–H groups in total. The molecule has 4 heteroatoms. The van der Waals surface area contributed by atoms with Crippen molar-refractivity contribution in [3.05, 3.63) is 30.1 Å². The number of hydrogen-bond acceptors (Lipinski definition) is 4. The molecular weight excluding hydrogens is 290 g/mol. The van der Waals surface area contributed by atoms with E-state index in [9.17, 15) is 4.79 Å². The fourth-order valence-electron chi connectivity index (χ4n) is 2.07. The standard InChI is InChI=1S/C15H23NO3.4CH4/c1-12(13-5-7-16-8-6-13)11-15(2,3)14(17)19-10-9-18-4;;;;/h5-8,12H,9-11H2,1-4H3;4*1H4. The highest BCUT2D eigenvalue weighted by atomic mass is 16.6. The van der Waals surface area contributed by atoms with Gasteiger partial charge in [0.2, 0.25) is 0 Å². The molecule has 0 saturated carbocycles. The van der Waals surface area contributed by atoms with E-state index in [0.29, 0.717) is 13.2 Å². The van der Waals surface area contributed by atoms with Crippen molar-refractivity contribution < 1.29 is 14.3 Å². The first-order valence-corrected chi connectivity index (χ1v) is 6.53. The quantitative estimate of drug-likeness (QED) is 0.501. The second kappa shape index (κ2) is 14.2. The highest BCUT2D eigenvalue weighted by Crippen LogP contribution is 2.32. The molecule has 0 fully saturated rings. The molecular formula is C19H39NO3. The number of carbonyl (C=O) groups excluding carboxylic acids is 1. The molecule has 4 nitrogen and oxygen atoms in total. The van der Waals surface area contributed by atoms with E-state index in [4.69, 9.17) is 9.47 Å². The van der Waals surface area contributed by atoms with Crippen molar-refractivity contribution >= 4 is 5.97 Å². The highest BCUT2D eigenvalue weighted by Gasteiger charge is 2.31. The summed E-state index contributed by atoms with van der Waals surface area (Å²) in [6, 6.07) is 3.97. The summed E-state index contributed by atoms with van der Waals surface area (Å²) in [5, 5.41) is 0. The fourth-order valence-corrected chi connectivity index (χ4v) is 2.07. The van der Waals surface area contributed by atoms with E-state index in [1.807, 2.05) is 26.0 Å². The number of ether oxygens (including phenoxy) is 2. The molecule has 23 heavy (non-hydrogen) atoms.